The molecule has 128 valence electrons. The average molecular weight is 329 g/mol. The average Bonchev–Trinajstić information content (AvgIpc) is 2.74. The number of nitrogens with zero attached hydrogens (tertiary/aromatic N) is 3. The molecule has 0 spiro atoms. The van der Waals surface area contributed by atoms with Crippen molar-refractivity contribution in [3.05, 3.63) is 47.2 Å². The van der Waals surface area contributed by atoms with Crippen LogP contribution in [-0.4, -0.2) is 45.6 Å². The molecule has 2 rings (SSSR count). The van der Waals surface area contributed by atoms with Gasteiger partial charge in [0.2, 0.25) is 0 Å². The van der Waals surface area contributed by atoms with Crippen LogP contribution in [0.4, 0.5) is 4.79 Å². The Morgan fingerprint density at radius 3 is 2.29 bits per heavy atom. The maximum Gasteiger partial charge on any atom is 0.332 e. The Balaban J connectivity index is 2.32. The zero-order valence-electron chi connectivity index (χ0n) is 14.5. The molecule has 1 saturated heterocycles. The van der Waals surface area contributed by atoms with E-state index in [4.69, 9.17) is 5.11 Å². The van der Waals surface area contributed by atoms with Gasteiger partial charge in [0.15, 0.2) is 0 Å². The Morgan fingerprint density at radius 2 is 1.79 bits per heavy atom. The molecule has 0 aromatic heterocycles. The minimum absolute atomic E-state index is 0.0261. The third kappa shape index (κ3) is 3.10. The molecular weight excluding hydrogens is 306 g/mol. The molecular formula is C18H23N3O3. The molecule has 3 amide bonds. The van der Waals surface area contributed by atoms with E-state index < -0.39 is 5.54 Å². The van der Waals surface area contributed by atoms with Crippen LogP contribution in [0.5, 0.6) is 0 Å². The number of hydrogen-bond donors (Lipinski definition) is 1. The second kappa shape index (κ2) is 6.97. The number of aliphatic hydroxyl groups excluding tert-OH is 1. The van der Waals surface area contributed by atoms with Crippen molar-refractivity contribution in [1.29, 1.82) is 0 Å². The predicted molar refractivity (Wildman–Crippen MR) is 92.4 cm³/mol. The number of rotatable bonds is 5. The Kier molecular flexibility index (Phi) is 5.19. The van der Waals surface area contributed by atoms with Crippen molar-refractivity contribution in [2.75, 3.05) is 7.05 Å². The smallest absolute Gasteiger partial charge is 0.332 e. The number of carbonyl (C=O) groups is 2. The van der Waals surface area contributed by atoms with Gasteiger partial charge in [0.1, 0.15) is 5.54 Å². The highest BCUT2D eigenvalue weighted by molar-refractivity contribution is 6.11. The van der Waals surface area contributed by atoms with Gasteiger partial charge in [0.05, 0.1) is 12.3 Å². The molecule has 1 N–H and O–H groups in total. The lowest BCUT2D eigenvalue weighted by molar-refractivity contribution is -0.130. The van der Waals surface area contributed by atoms with Gasteiger partial charge in [-0.3, -0.25) is 9.79 Å². The summed E-state index contributed by atoms with van der Waals surface area (Å²) in [6, 6.07) is 6.97. The molecule has 6 heteroatoms. The summed E-state index contributed by atoms with van der Waals surface area (Å²) < 4.78 is 0. The topological polar surface area (TPSA) is 73.2 Å². The monoisotopic (exact) mass is 329 g/mol. The standard InChI is InChI=1S/C18H23N3O3/c1-5-15(10-19-4)21-16(23)18(2,3)20(17(21)24)11-13-6-8-14(12-22)9-7-13/h5-10,22H,11-12H2,1-4H3. The highest BCUT2D eigenvalue weighted by Crippen LogP contribution is 2.31. The molecule has 0 aliphatic carbocycles. The lowest BCUT2D eigenvalue weighted by Gasteiger charge is -2.27. The molecule has 1 aliphatic heterocycles. The van der Waals surface area contributed by atoms with Crippen molar-refractivity contribution in [3.63, 3.8) is 0 Å². The summed E-state index contributed by atoms with van der Waals surface area (Å²) in [7, 11) is 1.60. The first-order valence-corrected chi connectivity index (χ1v) is 7.80. The van der Waals surface area contributed by atoms with Gasteiger partial charge in [-0.25, -0.2) is 9.69 Å². The number of urea groups is 1. The van der Waals surface area contributed by atoms with Crippen LogP contribution in [-0.2, 0) is 17.9 Å². The largest absolute Gasteiger partial charge is 0.392 e. The number of aliphatic imine (C=N–C) groups is 1. The molecule has 1 aromatic carbocycles. The number of carbonyl (C=O) groups excluding carboxylic acids is 2. The molecule has 1 aliphatic rings. The molecule has 1 heterocycles. The van der Waals surface area contributed by atoms with Gasteiger partial charge in [-0.05, 0) is 31.9 Å². The fourth-order valence-corrected chi connectivity index (χ4v) is 2.66. The SMILES string of the molecule is CC=C(C=NC)N1C(=O)N(Cc2ccc(CO)cc2)C(C)(C)C1=O. The number of hydrogen-bond acceptors (Lipinski definition) is 4. The van der Waals surface area contributed by atoms with Crippen molar-refractivity contribution >= 4 is 18.2 Å². The molecule has 0 unspecified atom stereocenters. The van der Waals surface area contributed by atoms with Crippen molar-refractivity contribution in [1.82, 2.24) is 9.80 Å². The number of aliphatic hydroxyl groups is 1. The fraction of sp³-hybridized carbons (Fsp3) is 0.389. The first-order valence-electron chi connectivity index (χ1n) is 7.80. The molecule has 1 fully saturated rings. The van der Waals surface area contributed by atoms with Crippen LogP contribution in [0.2, 0.25) is 0 Å². The van der Waals surface area contributed by atoms with Crippen LogP contribution >= 0.6 is 0 Å². The van der Waals surface area contributed by atoms with Crippen LogP contribution in [0, 0.1) is 0 Å². The normalized spacial score (nSPS) is 18.1. The Bertz CT molecular complexity index is 690. The maximum absolute atomic E-state index is 12.8. The van der Waals surface area contributed by atoms with Crippen molar-refractivity contribution < 1.29 is 14.7 Å². The molecule has 6 nitrogen and oxygen atoms in total. The highest BCUT2D eigenvalue weighted by Gasteiger charge is 2.51. The first kappa shape index (κ1) is 17.9. The lowest BCUT2D eigenvalue weighted by atomic mass is 10.0. The predicted octanol–water partition coefficient (Wildman–Crippen LogP) is 2.33. The van der Waals surface area contributed by atoms with Gasteiger partial charge in [-0.2, -0.15) is 0 Å². The second-order valence-electron chi connectivity index (χ2n) is 6.14. The Morgan fingerprint density at radius 1 is 1.21 bits per heavy atom. The number of amides is 3. The maximum atomic E-state index is 12.8. The molecule has 1 aromatic rings. The van der Waals surface area contributed by atoms with E-state index in [1.165, 1.54) is 11.1 Å². The van der Waals surface area contributed by atoms with E-state index in [-0.39, 0.29) is 18.5 Å². The Labute approximate surface area is 142 Å². The van der Waals surface area contributed by atoms with Gasteiger partial charge in [-0.1, -0.05) is 30.3 Å². The van der Waals surface area contributed by atoms with Crippen LogP contribution in [0.3, 0.4) is 0 Å². The van der Waals surface area contributed by atoms with Gasteiger partial charge in [-0.15, -0.1) is 0 Å². The van der Waals surface area contributed by atoms with Crippen LogP contribution in [0.25, 0.3) is 0 Å². The second-order valence-corrected chi connectivity index (χ2v) is 6.14. The third-order valence-electron chi connectivity index (χ3n) is 4.19. The minimum atomic E-state index is -0.942. The number of allylic oxidation sites excluding steroid dienone is 2. The summed E-state index contributed by atoms with van der Waals surface area (Å²) in [5, 5.41) is 9.11. The fourth-order valence-electron chi connectivity index (χ4n) is 2.66. The summed E-state index contributed by atoms with van der Waals surface area (Å²) in [6.07, 6.45) is 3.20. The highest BCUT2D eigenvalue weighted by atomic mass is 16.3. The van der Waals surface area contributed by atoms with E-state index in [0.29, 0.717) is 12.2 Å². The summed E-state index contributed by atoms with van der Waals surface area (Å²) in [5.74, 6) is -0.271. The minimum Gasteiger partial charge on any atom is -0.392 e. The van der Waals surface area contributed by atoms with Crippen LogP contribution in [0.1, 0.15) is 31.9 Å². The van der Waals surface area contributed by atoms with Crippen molar-refractivity contribution in [2.24, 2.45) is 4.99 Å². The van der Waals surface area contributed by atoms with E-state index in [0.717, 1.165) is 11.1 Å². The lowest BCUT2D eigenvalue weighted by Crippen LogP contribution is -2.43. The zero-order chi connectivity index (χ0) is 17.9. The molecule has 0 bridgehead atoms. The van der Waals surface area contributed by atoms with E-state index in [1.54, 1.807) is 38.8 Å². The summed E-state index contributed by atoms with van der Waals surface area (Å²) in [6.45, 7) is 5.54. The molecule has 0 atom stereocenters. The van der Waals surface area contributed by atoms with Crippen molar-refractivity contribution in [3.8, 4) is 0 Å². The third-order valence-corrected chi connectivity index (χ3v) is 4.19. The molecule has 24 heavy (non-hydrogen) atoms. The van der Waals surface area contributed by atoms with E-state index in [2.05, 4.69) is 4.99 Å². The van der Waals surface area contributed by atoms with Crippen LogP contribution in [0.15, 0.2) is 41.0 Å². The zero-order valence-corrected chi connectivity index (χ0v) is 14.5. The number of benzene rings is 1. The number of imide groups is 1. The van der Waals surface area contributed by atoms with Crippen molar-refractivity contribution in [2.45, 2.75) is 39.5 Å². The Hall–Kier alpha value is -2.47. The summed E-state index contributed by atoms with van der Waals surface area (Å²) in [4.78, 5) is 32.2. The first-order chi connectivity index (χ1) is 11.4. The van der Waals surface area contributed by atoms with Crippen LogP contribution < -0.4 is 0 Å². The van der Waals surface area contributed by atoms with E-state index in [9.17, 15) is 9.59 Å². The van der Waals surface area contributed by atoms with Gasteiger partial charge in [0, 0.05) is 19.8 Å². The quantitative estimate of drug-likeness (QED) is 0.665. The summed E-state index contributed by atoms with van der Waals surface area (Å²) in [5.41, 5.74) is 1.23. The van der Waals surface area contributed by atoms with Gasteiger partial charge >= 0.3 is 6.03 Å². The summed E-state index contributed by atoms with van der Waals surface area (Å²) >= 11 is 0. The molecule has 0 radical (unpaired) electrons. The van der Waals surface area contributed by atoms with Gasteiger partial charge < -0.3 is 10.0 Å². The molecule has 0 saturated carbocycles. The van der Waals surface area contributed by atoms with E-state index >= 15 is 0 Å². The van der Waals surface area contributed by atoms with Gasteiger partial charge in [0.25, 0.3) is 5.91 Å². The van der Waals surface area contributed by atoms with E-state index in [1.807, 2.05) is 24.3 Å².